The molecule has 2 heteroatoms. The SMILES string of the molecule is Cc1cc(C(=O)Cc2ccc3c(c2)CCC3)ccc1F. The van der Waals surface area contributed by atoms with Crippen LogP contribution in [0.25, 0.3) is 0 Å². The van der Waals surface area contributed by atoms with E-state index in [2.05, 4.69) is 12.1 Å². The van der Waals surface area contributed by atoms with Crippen LogP contribution in [0.5, 0.6) is 0 Å². The second-order valence-electron chi connectivity index (χ2n) is 5.52. The molecule has 0 fully saturated rings. The van der Waals surface area contributed by atoms with Gasteiger partial charge in [-0.25, -0.2) is 4.39 Å². The maximum Gasteiger partial charge on any atom is 0.167 e. The average molecular weight is 268 g/mol. The summed E-state index contributed by atoms with van der Waals surface area (Å²) in [6, 6.07) is 10.9. The van der Waals surface area contributed by atoms with Gasteiger partial charge in [-0.1, -0.05) is 18.2 Å². The number of rotatable bonds is 3. The fraction of sp³-hybridized carbons (Fsp3) is 0.278. The molecule has 1 aliphatic carbocycles. The van der Waals surface area contributed by atoms with Crippen molar-refractivity contribution in [2.45, 2.75) is 32.6 Å². The van der Waals surface area contributed by atoms with E-state index in [1.807, 2.05) is 6.07 Å². The van der Waals surface area contributed by atoms with Crippen LogP contribution in [0.3, 0.4) is 0 Å². The van der Waals surface area contributed by atoms with E-state index in [1.165, 1.54) is 23.6 Å². The van der Waals surface area contributed by atoms with Crippen molar-refractivity contribution in [3.8, 4) is 0 Å². The third kappa shape index (κ3) is 2.51. The molecule has 0 bridgehead atoms. The maximum absolute atomic E-state index is 13.2. The summed E-state index contributed by atoms with van der Waals surface area (Å²) in [6.07, 6.45) is 3.87. The van der Waals surface area contributed by atoms with Gasteiger partial charge in [0, 0.05) is 12.0 Å². The number of ketones is 1. The summed E-state index contributed by atoms with van der Waals surface area (Å²) in [7, 11) is 0. The monoisotopic (exact) mass is 268 g/mol. The van der Waals surface area contributed by atoms with E-state index in [4.69, 9.17) is 0 Å². The van der Waals surface area contributed by atoms with Crippen LogP contribution in [0.2, 0.25) is 0 Å². The number of benzene rings is 2. The minimum absolute atomic E-state index is 0.0473. The molecule has 2 aromatic rings. The fourth-order valence-electron chi connectivity index (χ4n) is 2.84. The van der Waals surface area contributed by atoms with Gasteiger partial charge in [0.25, 0.3) is 0 Å². The van der Waals surface area contributed by atoms with E-state index in [1.54, 1.807) is 19.1 Å². The highest BCUT2D eigenvalue weighted by molar-refractivity contribution is 5.97. The second kappa shape index (κ2) is 5.20. The Labute approximate surface area is 118 Å². The topological polar surface area (TPSA) is 17.1 Å². The Morgan fingerprint density at radius 2 is 1.90 bits per heavy atom. The number of halogens is 1. The molecule has 1 nitrogen and oxygen atoms in total. The van der Waals surface area contributed by atoms with Crippen LogP contribution >= 0.6 is 0 Å². The average Bonchev–Trinajstić information content (AvgIpc) is 2.89. The minimum atomic E-state index is -0.265. The molecule has 102 valence electrons. The molecule has 0 spiro atoms. The van der Waals surface area contributed by atoms with Crippen LogP contribution in [0, 0.1) is 12.7 Å². The summed E-state index contributed by atoms with van der Waals surface area (Å²) in [6.45, 7) is 1.68. The van der Waals surface area contributed by atoms with Crippen LogP contribution in [0.1, 0.15) is 39.0 Å². The number of hydrogen-bond acceptors (Lipinski definition) is 1. The van der Waals surface area contributed by atoms with Gasteiger partial charge in [-0.2, -0.15) is 0 Å². The highest BCUT2D eigenvalue weighted by Gasteiger charge is 2.13. The highest BCUT2D eigenvalue weighted by Crippen LogP contribution is 2.23. The Morgan fingerprint density at radius 3 is 2.70 bits per heavy atom. The Bertz CT molecular complexity index is 673. The second-order valence-corrected chi connectivity index (χ2v) is 5.52. The summed E-state index contributed by atoms with van der Waals surface area (Å²) >= 11 is 0. The lowest BCUT2D eigenvalue weighted by Crippen LogP contribution is -2.05. The molecule has 20 heavy (non-hydrogen) atoms. The van der Waals surface area contributed by atoms with Gasteiger partial charge in [0.15, 0.2) is 5.78 Å². The molecule has 0 amide bonds. The molecule has 0 aliphatic heterocycles. The van der Waals surface area contributed by atoms with E-state index in [0.717, 1.165) is 18.4 Å². The molecule has 0 radical (unpaired) electrons. The summed E-state index contributed by atoms with van der Waals surface area (Å²) in [5.41, 5.74) is 4.95. The summed E-state index contributed by atoms with van der Waals surface area (Å²) in [5.74, 6) is -0.217. The normalized spacial score (nSPS) is 13.3. The van der Waals surface area contributed by atoms with Crippen LogP contribution in [-0.4, -0.2) is 5.78 Å². The zero-order valence-corrected chi connectivity index (χ0v) is 11.6. The van der Waals surface area contributed by atoms with Crippen molar-refractivity contribution in [3.05, 3.63) is 70.0 Å². The Kier molecular flexibility index (Phi) is 3.39. The summed E-state index contributed by atoms with van der Waals surface area (Å²) in [5, 5.41) is 0. The molecule has 0 heterocycles. The molecule has 0 aromatic heterocycles. The number of carbonyl (C=O) groups is 1. The first kappa shape index (κ1) is 13.0. The molecular weight excluding hydrogens is 251 g/mol. The van der Waals surface area contributed by atoms with E-state index < -0.39 is 0 Å². The summed E-state index contributed by atoms with van der Waals surface area (Å²) in [4.78, 5) is 12.3. The zero-order chi connectivity index (χ0) is 14.1. The zero-order valence-electron chi connectivity index (χ0n) is 11.6. The van der Waals surface area contributed by atoms with Gasteiger partial charge in [-0.05, 0) is 66.6 Å². The van der Waals surface area contributed by atoms with Crippen LogP contribution in [0.4, 0.5) is 4.39 Å². The van der Waals surface area contributed by atoms with Crippen LogP contribution < -0.4 is 0 Å². The van der Waals surface area contributed by atoms with Crippen molar-refractivity contribution in [2.24, 2.45) is 0 Å². The number of carbonyl (C=O) groups excluding carboxylic acids is 1. The number of hydrogen-bond donors (Lipinski definition) is 0. The molecule has 0 unspecified atom stereocenters. The van der Waals surface area contributed by atoms with Gasteiger partial charge in [0.05, 0.1) is 0 Å². The predicted molar refractivity (Wildman–Crippen MR) is 77.6 cm³/mol. The van der Waals surface area contributed by atoms with E-state index in [9.17, 15) is 9.18 Å². The fourth-order valence-corrected chi connectivity index (χ4v) is 2.84. The lowest BCUT2D eigenvalue weighted by molar-refractivity contribution is 0.0993. The lowest BCUT2D eigenvalue weighted by Gasteiger charge is -2.06. The van der Waals surface area contributed by atoms with Crippen molar-refractivity contribution in [3.63, 3.8) is 0 Å². The standard InChI is InChI=1S/C18H17FO/c1-12-9-16(7-8-17(12)19)18(20)11-13-5-6-14-3-2-4-15(14)10-13/h5-10H,2-4,11H2,1H3. The molecule has 0 atom stereocenters. The largest absolute Gasteiger partial charge is 0.294 e. The minimum Gasteiger partial charge on any atom is -0.294 e. The highest BCUT2D eigenvalue weighted by atomic mass is 19.1. The number of Topliss-reactive ketones (excluding diaryl/α,β-unsaturated/α-hetero) is 1. The molecule has 0 saturated heterocycles. The maximum atomic E-state index is 13.2. The van der Waals surface area contributed by atoms with E-state index in [0.29, 0.717) is 17.5 Å². The molecule has 0 saturated carbocycles. The Morgan fingerprint density at radius 1 is 1.10 bits per heavy atom. The first-order chi connectivity index (χ1) is 9.63. The van der Waals surface area contributed by atoms with E-state index >= 15 is 0 Å². The third-order valence-corrected chi connectivity index (χ3v) is 4.01. The van der Waals surface area contributed by atoms with Gasteiger partial charge >= 0.3 is 0 Å². The smallest absolute Gasteiger partial charge is 0.167 e. The number of aryl methyl sites for hydroxylation is 3. The number of fused-ring (bicyclic) bond motifs is 1. The lowest BCUT2D eigenvalue weighted by atomic mass is 9.99. The summed E-state index contributed by atoms with van der Waals surface area (Å²) < 4.78 is 13.2. The predicted octanol–water partition coefficient (Wildman–Crippen LogP) is 4.05. The van der Waals surface area contributed by atoms with Crippen molar-refractivity contribution in [2.75, 3.05) is 0 Å². The molecule has 2 aromatic carbocycles. The van der Waals surface area contributed by atoms with Crippen LogP contribution in [0.15, 0.2) is 36.4 Å². The van der Waals surface area contributed by atoms with Crippen LogP contribution in [-0.2, 0) is 19.3 Å². The van der Waals surface area contributed by atoms with Crippen molar-refractivity contribution >= 4 is 5.78 Å². The molecule has 1 aliphatic rings. The van der Waals surface area contributed by atoms with Gasteiger partial charge in [0.2, 0.25) is 0 Å². The van der Waals surface area contributed by atoms with Gasteiger partial charge in [-0.15, -0.1) is 0 Å². The quantitative estimate of drug-likeness (QED) is 0.768. The van der Waals surface area contributed by atoms with Gasteiger partial charge < -0.3 is 0 Å². The Balaban J connectivity index is 1.80. The van der Waals surface area contributed by atoms with Crippen molar-refractivity contribution in [1.82, 2.24) is 0 Å². The Hall–Kier alpha value is -1.96. The van der Waals surface area contributed by atoms with Crippen molar-refractivity contribution in [1.29, 1.82) is 0 Å². The van der Waals surface area contributed by atoms with E-state index in [-0.39, 0.29) is 11.6 Å². The first-order valence-corrected chi connectivity index (χ1v) is 7.03. The van der Waals surface area contributed by atoms with Gasteiger partial charge in [0.1, 0.15) is 5.82 Å². The molecule has 0 N–H and O–H groups in total. The third-order valence-electron chi connectivity index (χ3n) is 4.01. The molecule has 3 rings (SSSR count). The molecular formula is C18H17FO. The van der Waals surface area contributed by atoms with Crippen molar-refractivity contribution < 1.29 is 9.18 Å². The first-order valence-electron chi connectivity index (χ1n) is 7.03. The van der Waals surface area contributed by atoms with Gasteiger partial charge in [-0.3, -0.25) is 4.79 Å².